The lowest BCUT2D eigenvalue weighted by molar-refractivity contribution is 0.411. The van der Waals surface area contributed by atoms with Gasteiger partial charge in [-0.15, -0.1) is 0 Å². The first-order valence-corrected chi connectivity index (χ1v) is 5.78. The third-order valence-corrected chi connectivity index (χ3v) is 3.18. The van der Waals surface area contributed by atoms with Crippen molar-refractivity contribution in [3.8, 4) is 6.07 Å². The number of nitrogens with zero attached hydrogens (tertiary/aromatic N) is 1. The molecule has 0 bridgehead atoms. The molecule has 1 unspecified atom stereocenters. The van der Waals surface area contributed by atoms with Crippen molar-refractivity contribution in [1.29, 1.82) is 5.26 Å². The molecule has 0 saturated carbocycles. The van der Waals surface area contributed by atoms with E-state index in [2.05, 4.69) is 16.7 Å². The lowest BCUT2D eigenvalue weighted by atomic mass is 9.91. The number of piperidine rings is 1. The summed E-state index contributed by atoms with van der Waals surface area (Å²) >= 11 is 6.07. The van der Waals surface area contributed by atoms with Crippen LogP contribution in [0.15, 0.2) is 24.3 Å². The van der Waals surface area contributed by atoms with E-state index in [-0.39, 0.29) is 0 Å². The third-order valence-electron chi connectivity index (χ3n) is 2.85. The van der Waals surface area contributed by atoms with Gasteiger partial charge in [-0.05, 0) is 31.5 Å². The van der Waals surface area contributed by atoms with Crippen LogP contribution in [0.1, 0.15) is 12.8 Å². The highest BCUT2D eigenvalue weighted by Crippen LogP contribution is 2.27. The molecule has 1 fully saturated rings. The summed E-state index contributed by atoms with van der Waals surface area (Å²) in [7, 11) is 0. The Morgan fingerprint density at radius 3 is 2.88 bits per heavy atom. The molecule has 0 aliphatic carbocycles. The van der Waals surface area contributed by atoms with Crippen molar-refractivity contribution in [3.05, 3.63) is 29.3 Å². The summed E-state index contributed by atoms with van der Waals surface area (Å²) in [6.07, 6.45) is 1.85. The summed E-state index contributed by atoms with van der Waals surface area (Å²) in [6.45, 7) is 1.64. The Morgan fingerprint density at radius 1 is 1.44 bits per heavy atom. The first kappa shape index (κ1) is 11.3. The predicted molar refractivity (Wildman–Crippen MR) is 65.5 cm³/mol. The first-order chi connectivity index (χ1) is 7.76. The maximum absolute atomic E-state index is 9.30. The van der Waals surface area contributed by atoms with Crippen LogP contribution in [0.2, 0.25) is 5.02 Å². The van der Waals surface area contributed by atoms with Gasteiger partial charge in [0.1, 0.15) is 5.54 Å². The molecule has 3 nitrogen and oxygen atoms in total. The summed E-state index contributed by atoms with van der Waals surface area (Å²) in [6, 6.07) is 9.88. The Hall–Kier alpha value is -1.24. The number of anilines is 1. The van der Waals surface area contributed by atoms with E-state index in [0.717, 1.165) is 25.1 Å². The average Bonchev–Trinajstić information content (AvgIpc) is 2.33. The second-order valence-electron chi connectivity index (χ2n) is 4.08. The topological polar surface area (TPSA) is 47.9 Å². The largest absolute Gasteiger partial charge is 0.365 e. The van der Waals surface area contributed by atoms with Crippen LogP contribution in [0.5, 0.6) is 0 Å². The number of para-hydroxylation sites is 1. The molecule has 4 heteroatoms. The fourth-order valence-electron chi connectivity index (χ4n) is 1.96. The van der Waals surface area contributed by atoms with Gasteiger partial charge in [0.05, 0.1) is 16.8 Å². The predicted octanol–water partition coefficient (Wildman–Crippen LogP) is 2.40. The van der Waals surface area contributed by atoms with Crippen LogP contribution in [0, 0.1) is 11.3 Å². The maximum Gasteiger partial charge on any atom is 0.138 e. The molecule has 0 amide bonds. The van der Waals surface area contributed by atoms with Gasteiger partial charge in [-0.25, -0.2) is 0 Å². The van der Waals surface area contributed by atoms with E-state index in [1.807, 2.05) is 24.3 Å². The molecule has 1 saturated heterocycles. The van der Waals surface area contributed by atoms with Gasteiger partial charge in [-0.2, -0.15) is 5.26 Å². The van der Waals surface area contributed by atoms with E-state index in [1.165, 1.54) is 0 Å². The standard InChI is InChI=1S/C12H14ClN3/c13-10-4-1-2-5-11(10)16-12(8-14)6-3-7-15-9-12/h1-2,4-5,15-16H,3,6-7,9H2. The van der Waals surface area contributed by atoms with Crippen LogP contribution in [-0.4, -0.2) is 18.6 Å². The van der Waals surface area contributed by atoms with Crippen LogP contribution in [0.25, 0.3) is 0 Å². The second kappa shape index (κ2) is 4.73. The smallest absolute Gasteiger partial charge is 0.138 e. The van der Waals surface area contributed by atoms with Crippen molar-refractivity contribution in [3.63, 3.8) is 0 Å². The summed E-state index contributed by atoms with van der Waals surface area (Å²) in [5.74, 6) is 0. The number of hydrogen-bond donors (Lipinski definition) is 2. The summed E-state index contributed by atoms with van der Waals surface area (Å²) in [5.41, 5.74) is 0.304. The lowest BCUT2D eigenvalue weighted by Gasteiger charge is -2.33. The van der Waals surface area contributed by atoms with Crippen LogP contribution in [0.4, 0.5) is 5.69 Å². The number of nitriles is 1. The Morgan fingerprint density at radius 2 is 2.25 bits per heavy atom. The lowest BCUT2D eigenvalue weighted by Crippen LogP contribution is -2.50. The Labute approximate surface area is 100 Å². The van der Waals surface area contributed by atoms with E-state index in [9.17, 15) is 5.26 Å². The summed E-state index contributed by atoms with van der Waals surface area (Å²) in [5, 5.41) is 16.4. The quantitative estimate of drug-likeness (QED) is 0.828. The van der Waals surface area contributed by atoms with Gasteiger partial charge in [0.15, 0.2) is 0 Å². The number of nitrogens with one attached hydrogen (secondary N) is 2. The summed E-state index contributed by atoms with van der Waals surface area (Å²) in [4.78, 5) is 0. The van der Waals surface area contributed by atoms with Crippen molar-refractivity contribution in [2.24, 2.45) is 0 Å². The maximum atomic E-state index is 9.30. The van der Waals surface area contributed by atoms with E-state index >= 15 is 0 Å². The Bertz CT molecular complexity index is 405. The van der Waals surface area contributed by atoms with E-state index < -0.39 is 5.54 Å². The Kier molecular flexibility index (Phi) is 3.33. The van der Waals surface area contributed by atoms with Gasteiger partial charge in [0.25, 0.3) is 0 Å². The molecule has 1 atom stereocenters. The van der Waals surface area contributed by atoms with Gasteiger partial charge in [-0.3, -0.25) is 0 Å². The molecule has 0 spiro atoms. The molecule has 1 heterocycles. The molecular formula is C12H14ClN3. The zero-order valence-corrected chi connectivity index (χ0v) is 9.72. The molecule has 0 radical (unpaired) electrons. The van der Waals surface area contributed by atoms with Gasteiger partial charge >= 0.3 is 0 Å². The molecule has 1 aromatic rings. The van der Waals surface area contributed by atoms with Crippen molar-refractivity contribution >= 4 is 17.3 Å². The van der Waals surface area contributed by atoms with Gasteiger partial charge < -0.3 is 10.6 Å². The Balaban J connectivity index is 2.19. The average molecular weight is 236 g/mol. The fraction of sp³-hybridized carbons (Fsp3) is 0.417. The van der Waals surface area contributed by atoms with Crippen LogP contribution in [0.3, 0.4) is 0 Å². The minimum Gasteiger partial charge on any atom is -0.365 e. The normalized spacial score (nSPS) is 24.8. The van der Waals surface area contributed by atoms with Crippen LogP contribution >= 0.6 is 11.6 Å². The molecule has 16 heavy (non-hydrogen) atoms. The highest BCUT2D eigenvalue weighted by molar-refractivity contribution is 6.33. The number of hydrogen-bond acceptors (Lipinski definition) is 3. The SMILES string of the molecule is N#CC1(Nc2ccccc2Cl)CCCNC1. The number of halogens is 1. The van der Waals surface area contributed by atoms with E-state index in [1.54, 1.807) is 0 Å². The van der Waals surface area contributed by atoms with Gasteiger partial charge in [0, 0.05) is 6.54 Å². The second-order valence-corrected chi connectivity index (χ2v) is 4.49. The van der Waals surface area contributed by atoms with Crippen molar-refractivity contribution in [1.82, 2.24) is 5.32 Å². The highest BCUT2D eigenvalue weighted by atomic mass is 35.5. The molecule has 1 aliphatic rings. The minimum atomic E-state index is -0.525. The van der Waals surface area contributed by atoms with E-state index in [0.29, 0.717) is 11.6 Å². The highest BCUT2D eigenvalue weighted by Gasteiger charge is 2.32. The van der Waals surface area contributed by atoms with Crippen molar-refractivity contribution in [2.45, 2.75) is 18.4 Å². The monoisotopic (exact) mass is 235 g/mol. The minimum absolute atomic E-state index is 0.525. The molecule has 1 aromatic carbocycles. The first-order valence-electron chi connectivity index (χ1n) is 5.40. The zero-order chi connectivity index (χ0) is 11.4. The fourth-order valence-corrected chi connectivity index (χ4v) is 2.14. The molecule has 84 valence electrons. The summed E-state index contributed by atoms with van der Waals surface area (Å²) < 4.78 is 0. The molecule has 0 aromatic heterocycles. The van der Waals surface area contributed by atoms with Crippen molar-refractivity contribution < 1.29 is 0 Å². The number of rotatable bonds is 2. The van der Waals surface area contributed by atoms with Crippen LogP contribution in [-0.2, 0) is 0 Å². The van der Waals surface area contributed by atoms with Gasteiger partial charge in [0.2, 0.25) is 0 Å². The molecule has 1 aliphatic heterocycles. The van der Waals surface area contributed by atoms with Crippen LogP contribution < -0.4 is 10.6 Å². The zero-order valence-electron chi connectivity index (χ0n) is 8.96. The molecule has 2 N–H and O–H groups in total. The third kappa shape index (κ3) is 2.29. The van der Waals surface area contributed by atoms with E-state index in [4.69, 9.17) is 11.6 Å². The number of benzene rings is 1. The molecule has 2 rings (SSSR count). The van der Waals surface area contributed by atoms with Gasteiger partial charge in [-0.1, -0.05) is 23.7 Å². The van der Waals surface area contributed by atoms with Crippen molar-refractivity contribution in [2.75, 3.05) is 18.4 Å². The molecular weight excluding hydrogens is 222 g/mol.